The van der Waals surface area contributed by atoms with E-state index in [1.807, 2.05) is 97.1 Å². The Hall–Kier alpha value is -4.58. The van der Waals surface area contributed by atoms with Gasteiger partial charge in [0.05, 0.1) is 32.0 Å². The summed E-state index contributed by atoms with van der Waals surface area (Å²) in [5, 5.41) is 25.4. The Kier molecular flexibility index (Phi) is 12.1. The third-order valence-corrected chi connectivity index (χ3v) is 9.75. The van der Waals surface area contributed by atoms with Crippen LogP contribution in [0, 0.1) is 5.92 Å². The van der Waals surface area contributed by atoms with E-state index >= 15 is 0 Å². The molecule has 0 spiro atoms. The zero-order valence-electron chi connectivity index (χ0n) is 29.1. The first-order valence-corrected chi connectivity index (χ1v) is 17.6. The van der Waals surface area contributed by atoms with Gasteiger partial charge in [0.1, 0.15) is 6.04 Å². The van der Waals surface area contributed by atoms with E-state index in [1.54, 1.807) is 0 Å². The molecule has 2 fully saturated rings. The molecule has 0 radical (unpaired) electrons. The van der Waals surface area contributed by atoms with Crippen molar-refractivity contribution >= 4 is 12.0 Å². The van der Waals surface area contributed by atoms with Gasteiger partial charge in [-0.05, 0) is 51.9 Å². The average Bonchev–Trinajstić information content (AvgIpc) is 3.58. The maximum atomic E-state index is 12.9. The van der Waals surface area contributed by atoms with Crippen molar-refractivity contribution in [1.29, 1.82) is 0 Å². The predicted octanol–water partition coefficient (Wildman–Crippen LogP) is 5.29. The molecule has 6 unspecified atom stereocenters. The van der Waals surface area contributed by atoms with E-state index in [1.165, 1.54) is 7.11 Å². The monoisotopic (exact) mass is 693 g/mol. The SMILES string of the molecule is COC(=O)C(Cc1ccccc1)NC(=O)NCc1cccc(-c2cccc(C3OC(CN4CCC(O)C4)C(C)C(c4ccc(CO)cc4)O3)c2)c1. The Bertz CT molecular complexity index is 1750. The number of β-amino-alcohol motifs (C(OH)–C–C–N with tert-alkyl or cyclic N) is 1. The number of carbonyl (C=O) groups is 2. The second kappa shape index (κ2) is 17.1. The van der Waals surface area contributed by atoms with Crippen molar-refractivity contribution < 1.29 is 34.0 Å². The highest BCUT2D eigenvalue weighted by Crippen LogP contribution is 2.42. The third kappa shape index (κ3) is 9.40. The number of hydrogen-bond acceptors (Lipinski definition) is 8. The van der Waals surface area contributed by atoms with E-state index in [0.29, 0.717) is 19.5 Å². The Labute approximate surface area is 299 Å². The number of methoxy groups -OCH3 is 1. The van der Waals surface area contributed by atoms with Crippen molar-refractivity contribution in [3.8, 4) is 11.1 Å². The molecule has 10 nitrogen and oxygen atoms in total. The van der Waals surface area contributed by atoms with Gasteiger partial charge in [-0.25, -0.2) is 9.59 Å². The molecule has 0 aromatic heterocycles. The van der Waals surface area contributed by atoms with E-state index in [0.717, 1.165) is 51.9 Å². The number of likely N-dealkylation sites (tertiary alicyclic amines) is 1. The van der Waals surface area contributed by atoms with Crippen LogP contribution in [0.1, 0.15) is 53.6 Å². The lowest BCUT2D eigenvalue weighted by atomic mass is 9.90. The van der Waals surface area contributed by atoms with Crippen molar-refractivity contribution in [3.05, 3.63) is 131 Å². The molecule has 0 saturated carbocycles. The van der Waals surface area contributed by atoms with E-state index in [4.69, 9.17) is 14.2 Å². The summed E-state index contributed by atoms with van der Waals surface area (Å²) in [6.45, 7) is 4.54. The van der Waals surface area contributed by atoms with Crippen LogP contribution in [0.25, 0.3) is 11.1 Å². The number of urea groups is 1. The molecule has 2 aliphatic rings. The highest BCUT2D eigenvalue weighted by molar-refractivity contribution is 5.83. The third-order valence-electron chi connectivity index (χ3n) is 9.75. The Morgan fingerprint density at radius 3 is 2.31 bits per heavy atom. The van der Waals surface area contributed by atoms with Gasteiger partial charge in [-0.2, -0.15) is 0 Å². The molecule has 2 saturated heterocycles. The lowest BCUT2D eigenvalue weighted by molar-refractivity contribution is -0.276. The molecule has 6 rings (SSSR count). The van der Waals surface area contributed by atoms with Gasteiger partial charge in [0.25, 0.3) is 0 Å². The number of aliphatic hydroxyl groups is 2. The zero-order valence-corrected chi connectivity index (χ0v) is 29.1. The van der Waals surface area contributed by atoms with Crippen molar-refractivity contribution in [2.75, 3.05) is 26.7 Å². The summed E-state index contributed by atoms with van der Waals surface area (Å²) in [4.78, 5) is 27.5. The van der Waals surface area contributed by atoms with Crippen LogP contribution in [0.4, 0.5) is 4.79 Å². The number of carbonyl (C=O) groups excluding carboxylic acids is 2. The topological polar surface area (TPSA) is 130 Å². The van der Waals surface area contributed by atoms with Gasteiger partial charge in [0, 0.05) is 44.1 Å². The second-order valence-corrected chi connectivity index (χ2v) is 13.4. The zero-order chi connectivity index (χ0) is 35.7. The Morgan fingerprint density at radius 2 is 1.61 bits per heavy atom. The number of amides is 2. The largest absolute Gasteiger partial charge is 0.467 e. The fourth-order valence-corrected chi connectivity index (χ4v) is 6.86. The molecular formula is C41H47N3O7. The number of nitrogens with one attached hydrogen (secondary N) is 2. The number of hydrogen-bond donors (Lipinski definition) is 4. The molecule has 4 N–H and O–H groups in total. The smallest absolute Gasteiger partial charge is 0.328 e. The number of benzene rings is 4. The number of esters is 1. The quantitative estimate of drug-likeness (QED) is 0.148. The van der Waals surface area contributed by atoms with E-state index in [-0.39, 0.29) is 37.4 Å². The van der Waals surface area contributed by atoms with Gasteiger partial charge >= 0.3 is 12.0 Å². The van der Waals surface area contributed by atoms with Crippen LogP contribution in [0.3, 0.4) is 0 Å². The average molecular weight is 694 g/mol. The maximum absolute atomic E-state index is 12.9. The number of nitrogens with zero attached hydrogens (tertiary/aromatic N) is 1. The summed E-state index contributed by atoms with van der Waals surface area (Å²) >= 11 is 0. The van der Waals surface area contributed by atoms with Crippen LogP contribution in [-0.4, -0.2) is 72.1 Å². The minimum Gasteiger partial charge on any atom is -0.467 e. The molecule has 2 heterocycles. The standard InChI is InChI=1S/C41H47N3O7/c1-27-37(25-44-19-18-35(46)24-44)50-40(51-38(27)31-16-14-29(26-45)15-17-31)34-13-7-12-33(22-34)32-11-6-10-30(20-32)23-42-41(48)43-36(39(47)49-2)21-28-8-4-3-5-9-28/h3-17,20,22,27,35-38,40,45-46H,18-19,21,23-26H2,1-2H3,(H2,42,43,48). The number of rotatable bonds is 12. The molecule has 268 valence electrons. The molecule has 51 heavy (non-hydrogen) atoms. The first-order chi connectivity index (χ1) is 24.8. The highest BCUT2D eigenvalue weighted by atomic mass is 16.7. The van der Waals surface area contributed by atoms with Gasteiger partial charge in [-0.15, -0.1) is 0 Å². The fourth-order valence-electron chi connectivity index (χ4n) is 6.86. The van der Waals surface area contributed by atoms with Crippen LogP contribution < -0.4 is 10.6 Å². The van der Waals surface area contributed by atoms with Crippen molar-refractivity contribution in [2.45, 2.75) is 63.6 Å². The minimum atomic E-state index is -0.820. The molecule has 6 atom stereocenters. The summed E-state index contributed by atoms with van der Waals surface area (Å²) in [6, 6.07) is 32.1. The fraction of sp³-hybridized carbons (Fsp3) is 0.366. The predicted molar refractivity (Wildman–Crippen MR) is 193 cm³/mol. The summed E-state index contributed by atoms with van der Waals surface area (Å²) in [7, 11) is 1.31. The van der Waals surface area contributed by atoms with Crippen molar-refractivity contribution in [3.63, 3.8) is 0 Å². The first-order valence-electron chi connectivity index (χ1n) is 17.6. The lowest BCUT2D eigenvalue weighted by Gasteiger charge is -2.42. The second-order valence-electron chi connectivity index (χ2n) is 13.4. The summed E-state index contributed by atoms with van der Waals surface area (Å²) in [6.07, 6.45) is -0.216. The molecule has 10 heteroatoms. The maximum Gasteiger partial charge on any atom is 0.328 e. The molecule has 0 aliphatic carbocycles. The van der Waals surface area contributed by atoms with Crippen LogP contribution in [-0.2, 0) is 38.6 Å². The summed E-state index contributed by atoms with van der Waals surface area (Å²) in [5.74, 6) is -0.465. The van der Waals surface area contributed by atoms with Crippen LogP contribution >= 0.6 is 0 Å². The molecular weight excluding hydrogens is 646 g/mol. The molecule has 4 aromatic carbocycles. The minimum absolute atomic E-state index is 0.0190. The highest BCUT2D eigenvalue weighted by Gasteiger charge is 2.40. The number of aliphatic hydroxyl groups excluding tert-OH is 2. The van der Waals surface area contributed by atoms with Crippen LogP contribution in [0.15, 0.2) is 103 Å². The van der Waals surface area contributed by atoms with E-state index in [2.05, 4.69) is 28.5 Å². The Morgan fingerprint density at radius 1 is 0.882 bits per heavy atom. The summed E-state index contributed by atoms with van der Waals surface area (Å²) < 4.78 is 18.3. The molecule has 4 aromatic rings. The molecule has 2 aliphatic heterocycles. The van der Waals surface area contributed by atoms with E-state index < -0.39 is 24.3 Å². The Balaban J connectivity index is 1.15. The molecule has 0 bridgehead atoms. The van der Waals surface area contributed by atoms with Crippen molar-refractivity contribution in [2.24, 2.45) is 5.92 Å². The number of ether oxygens (including phenoxy) is 3. The van der Waals surface area contributed by atoms with Gasteiger partial charge in [-0.3, -0.25) is 4.90 Å². The normalized spacial score (nSPS) is 22.6. The van der Waals surface area contributed by atoms with Gasteiger partial charge < -0.3 is 35.1 Å². The van der Waals surface area contributed by atoms with Gasteiger partial charge in [0.2, 0.25) is 0 Å². The van der Waals surface area contributed by atoms with Crippen LogP contribution in [0.2, 0.25) is 0 Å². The van der Waals surface area contributed by atoms with Crippen molar-refractivity contribution in [1.82, 2.24) is 15.5 Å². The first kappa shape index (κ1) is 36.2. The lowest BCUT2D eigenvalue weighted by Crippen LogP contribution is -2.47. The van der Waals surface area contributed by atoms with Gasteiger partial charge in [0.15, 0.2) is 6.29 Å². The van der Waals surface area contributed by atoms with Gasteiger partial charge in [-0.1, -0.05) is 97.9 Å². The van der Waals surface area contributed by atoms with Crippen LogP contribution in [0.5, 0.6) is 0 Å². The van der Waals surface area contributed by atoms with E-state index in [9.17, 15) is 19.8 Å². The summed E-state index contributed by atoms with van der Waals surface area (Å²) in [5.41, 5.74) is 6.50. The molecule has 2 amide bonds.